The molecular formula is C10H14Cl3N3O3. The minimum atomic E-state index is -2.16. The van der Waals surface area contributed by atoms with E-state index in [4.69, 9.17) is 45.1 Å². The first kappa shape index (κ1) is 18.2. The van der Waals surface area contributed by atoms with Gasteiger partial charge in [0.1, 0.15) is 6.04 Å². The van der Waals surface area contributed by atoms with Crippen molar-refractivity contribution in [3.8, 4) is 0 Å². The third kappa shape index (κ3) is 4.99. The smallest absolute Gasteiger partial charge is 0.419 e. The van der Waals surface area contributed by atoms with Gasteiger partial charge in [-0.3, -0.25) is 4.79 Å². The Balaban J connectivity index is 5.26. The van der Waals surface area contributed by atoms with Crippen molar-refractivity contribution >= 4 is 52.4 Å². The zero-order valence-corrected chi connectivity index (χ0v) is 13.0. The molecule has 0 aromatic carbocycles. The van der Waals surface area contributed by atoms with Crippen LogP contribution in [0.5, 0.6) is 0 Å². The van der Waals surface area contributed by atoms with Gasteiger partial charge in [0.25, 0.3) is 9.70 Å². The lowest BCUT2D eigenvalue weighted by atomic mass is 10.1. The maximum Gasteiger partial charge on any atom is 0.419 e. The average molecular weight is 331 g/mol. The first-order chi connectivity index (χ1) is 8.70. The molecule has 0 spiro atoms. The molecule has 0 aliphatic carbocycles. The molecule has 0 heterocycles. The van der Waals surface area contributed by atoms with Gasteiger partial charge in [0.15, 0.2) is 0 Å². The Kier molecular flexibility index (Phi) is 7.37. The van der Waals surface area contributed by atoms with Gasteiger partial charge in [0.05, 0.1) is 6.61 Å². The Morgan fingerprint density at radius 2 is 1.89 bits per heavy atom. The molecular weight excluding hydrogens is 316 g/mol. The number of esters is 1. The molecule has 0 N–H and O–H groups in total. The first-order valence-electron chi connectivity index (χ1n) is 5.43. The Bertz CT molecular complexity index is 403. The van der Waals surface area contributed by atoms with Gasteiger partial charge in [-0.2, -0.15) is 4.79 Å². The monoisotopic (exact) mass is 329 g/mol. The average Bonchev–Trinajstić information content (AvgIpc) is 2.32. The van der Waals surface area contributed by atoms with Crippen molar-refractivity contribution in [1.82, 2.24) is 4.90 Å². The molecule has 0 saturated heterocycles. The Labute approximate surface area is 126 Å². The van der Waals surface area contributed by atoms with E-state index in [2.05, 4.69) is 4.79 Å². The third-order valence-electron chi connectivity index (χ3n) is 2.32. The van der Waals surface area contributed by atoms with Crippen LogP contribution in [-0.4, -0.2) is 50.8 Å². The highest BCUT2D eigenvalue weighted by atomic mass is 35.6. The summed E-state index contributed by atoms with van der Waals surface area (Å²) in [5.74, 6) is -1.67. The normalized spacial score (nSPS) is 12.3. The number of halogens is 3. The van der Waals surface area contributed by atoms with Crippen LogP contribution in [0.25, 0.3) is 5.53 Å². The van der Waals surface area contributed by atoms with Gasteiger partial charge >= 0.3 is 11.7 Å². The van der Waals surface area contributed by atoms with Gasteiger partial charge < -0.3 is 15.2 Å². The van der Waals surface area contributed by atoms with Crippen LogP contribution >= 0.6 is 34.8 Å². The number of hydrogen-bond donors (Lipinski definition) is 0. The summed E-state index contributed by atoms with van der Waals surface area (Å²) in [5, 5.41) is 0. The van der Waals surface area contributed by atoms with E-state index in [1.54, 1.807) is 13.8 Å². The number of rotatable bonds is 5. The minimum Gasteiger partial charge on any atom is -0.457 e. The number of amides is 1. The van der Waals surface area contributed by atoms with Crippen molar-refractivity contribution in [2.24, 2.45) is 0 Å². The molecule has 1 amide bonds. The molecule has 108 valence electrons. The summed E-state index contributed by atoms with van der Waals surface area (Å²) in [6, 6.07) is -0.854. The molecule has 0 aromatic heterocycles. The lowest BCUT2D eigenvalue weighted by Gasteiger charge is -2.26. The summed E-state index contributed by atoms with van der Waals surface area (Å²) in [6.07, 6.45) is 0.279. The molecule has 0 radical (unpaired) electrons. The fourth-order valence-corrected chi connectivity index (χ4v) is 1.84. The first-order valence-corrected chi connectivity index (χ1v) is 6.57. The van der Waals surface area contributed by atoms with Crippen LogP contribution in [-0.2, 0) is 14.3 Å². The van der Waals surface area contributed by atoms with Crippen LogP contribution in [0, 0.1) is 0 Å². The highest BCUT2D eigenvalue weighted by Gasteiger charge is 2.42. The Morgan fingerprint density at radius 1 is 1.37 bits per heavy atom. The second-order valence-corrected chi connectivity index (χ2v) is 5.82. The van der Waals surface area contributed by atoms with Crippen molar-refractivity contribution in [1.29, 1.82) is 0 Å². The molecule has 0 bridgehead atoms. The van der Waals surface area contributed by atoms with Crippen LogP contribution in [0.2, 0.25) is 0 Å². The molecule has 0 rings (SSSR count). The Morgan fingerprint density at radius 3 is 2.21 bits per heavy atom. The maximum atomic E-state index is 11.8. The van der Waals surface area contributed by atoms with Crippen molar-refractivity contribution < 1.29 is 19.1 Å². The van der Waals surface area contributed by atoms with Crippen LogP contribution in [0.4, 0.5) is 0 Å². The van der Waals surface area contributed by atoms with Crippen molar-refractivity contribution in [3.05, 3.63) is 5.53 Å². The topological polar surface area (TPSA) is 83.0 Å². The third-order valence-corrected chi connectivity index (χ3v) is 2.81. The van der Waals surface area contributed by atoms with Gasteiger partial charge in [-0.15, -0.1) is 0 Å². The predicted molar refractivity (Wildman–Crippen MR) is 72.4 cm³/mol. The van der Waals surface area contributed by atoms with Gasteiger partial charge in [-0.05, 0) is 13.3 Å². The van der Waals surface area contributed by atoms with Crippen LogP contribution in [0.3, 0.4) is 0 Å². The van der Waals surface area contributed by atoms with Gasteiger partial charge in [-0.1, -0.05) is 41.7 Å². The molecule has 0 fully saturated rings. The SMILES string of the molecule is CCOC(=O)C(=[N+]=[N-])C(CC)N(C)C(=O)C(Cl)(Cl)Cl. The van der Waals surface area contributed by atoms with E-state index in [-0.39, 0.29) is 18.7 Å². The number of ether oxygens (including phenoxy) is 1. The predicted octanol–water partition coefficient (Wildman–Crippen LogP) is 1.83. The Hall–Kier alpha value is -0.810. The largest absolute Gasteiger partial charge is 0.457 e. The molecule has 19 heavy (non-hydrogen) atoms. The summed E-state index contributed by atoms with van der Waals surface area (Å²) >= 11 is 16.5. The van der Waals surface area contributed by atoms with Gasteiger partial charge in [0.2, 0.25) is 0 Å². The van der Waals surface area contributed by atoms with E-state index >= 15 is 0 Å². The maximum absolute atomic E-state index is 11.8. The highest BCUT2D eigenvalue weighted by Crippen LogP contribution is 2.29. The zero-order valence-electron chi connectivity index (χ0n) is 10.7. The molecule has 1 atom stereocenters. The summed E-state index contributed by atoms with van der Waals surface area (Å²) < 4.78 is 2.57. The summed E-state index contributed by atoms with van der Waals surface area (Å²) in [7, 11) is 1.34. The molecule has 0 aromatic rings. The number of hydrogen-bond acceptors (Lipinski definition) is 3. The van der Waals surface area contributed by atoms with E-state index in [1.807, 2.05) is 0 Å². The molecule has 0 saturated carbocycles. The number of carbonyl (C=O) groups is 2. The van der Waals surface area contributed by atoms with E-state index in [9.17, 15) is 9.59 Å². The molecule has 9 heteroatoms. The number of nitrogens with zero attached hydrogens (tertiary/aromatic N) is 3. The fourth-order valence-electron chi connectivity index (χ4n) is 1.44. The number of alkyl halides is 3. The van der Waals surface area contributed by atoms with Crippen molar-refractivity contribution in [3.63, 3.8) is 0 Å². The summed E-state index contributed by atoms with van der Waals surface area (Å²) in [6.45, 7) is 3.39. The van der Waals surface area contributed by atoms with Gasteiger partial charge in [0, 0.05) is 7.05 Å². The van der Waals surface area contributed by atoms with E-state index in [0.29, 0.717) is 0 Å². The van der Waals surface area contributed by atoms with E-state index in [1.165, 1.54) is 7.05 Å². The van der Waals surface area contributed by atoms with Crippen LogP contribution in [0.15, 0.2) is 0 Å². The lowest BCUT2D eigenvalue weighted by Crippen LogP contribution is -2.49. The molecule has 0 aliphatic heterocycles. The van der Waals surface area contributed by atoms with Crippen LogP contribution in [0.1, 0.15) is 20.3 Å². The van der Waals surface area contributed by atoms with Gasteiger partial charge in [-0.25, -0.2) is 4.79 Å². The van der Waals surface area contributed by atoms with E-state index < -0.39 is 21.7 Å². The summed E-state index contributed by atoms with van der Waals surface area (Å²) in [4.78, 5) is 27.3. The lowest BCUT2D eigenvalue weighted by molar-refractivity contribution is -0.141. The number of carbonyl (C=O) groups excluding carboxylic acids is 2. The zero-order chi connectivity index (χ0) is 15.2. The highest BCUT2D eigenvalue weighted by molar-refractivity contribution is 6.76. The van der Waals surface area contributed by atoms with Crippen molar-refractivity contribution in [2.45, 2.75) is 30.1 Å². The van der Waals surface area contributed by atoms with Crippen LogP contribution < -0.4 is 0 Å². The molecule has 6 nitrogen and oxygen atoms in total. The second-order valence-electron chi connectivity index (χ2n) is 3.54. The second kappa shape index (κ2) is 7.70. The van der Waals surface area contributed by atoms with Crippen molar-refractivity contribution in [2.75, 3.05) is 13.7 Å². The summed E-state index contributed by atoms with van der Waals surface area (Å²) in [5.41, 5.74) is 8.58. The standard InChI is InChI=1S/C10H14Cl3N3O3/c1-4-6(7(15-14)8(17)19-5-2)16(3)9(18)10(11,12)13/h6H,4-5H2,1-3H3. The fraction of sp³-hybridized carbons (Fsp3) is 0.700. The molecule has 1 unspecified atom stereocenters. The minimum absolute atomic E-state index is 0.108. The molecule has 0 aliphatic rings. The quantitative estimate of drug-likeness (QED) is 0.253. The van der Waals surface area contributed by atoms with E-state index in [0.717, 1.165) is 4.90 Å².